The van der Waals surface area contributed by atoms with Gasteiger partial charge in [0.2, 0.25) is 0 Å². The van der Waals surface area contributed by atoms with Crippen LogP contribution >= 0.6 is 0 Å². The van der Waals surface area contributed by atoms with E-state index in [0.29, 0.717) is 5.56 Å². The van der Waals surface area contributed by atoms with E-state index in [4.69, 9.17) is 0 Å². The third kappa shape index (κ3) is 3.01. The van der Waals surface area contributed by atoms with Crippen LogP contribution in [0.25, 0.3) is 10.9 Å². The molecule has 4 nitrogen and oxygen atoms in total. The Bertz CT molecular complexity index is 877. The van der Waals surface area contributed by atoms with E-state index in [-0.39, 0.29) is 5.91 Å². The van der Waals surface area contributed by atoms with Crippen molar-refractivity contribution >= 4 is 23.0 Å². The van der Waals surface area contributed by atoms with Crippen LogP contribution in [0.15, 0.2) is 53.8 Å². The summed E-state index contributed by atoms with van der Waals surface area (Å²) >= 11 is 0. The van der Waals surface area contributed by atoms with E-state index in [1.54, 1.807) is 12.3 Å². The summed E-state index contributed by atoms with van der Waals surface area (Å²) in [4.78, 5) is 15.4. The lowest BCUT2D eigenvalue weighted by molar-refractivity contribution is 0.0954. The topological polar surface area (TPSA) is 57.2 Å². The largest absolute Gasteiger partial charge is 0.360 e. The monoisotopic (exact) mass is 305 g/mol. The fourth-order valence-corrected chi connectivity index (χ4v) is 2.69. The normalized spacial score (nSPS) is 11.2. The Balaban J connectivity index is 1.79. The number of para-hydroxylation sites is 1. The Kier molecular flexibility index (Phi) is 4.24. The summed E-state index contributed by atoms with van der Waals surface area (Å²) in [6.45, 7) is 4.04. The lowest BCUT2D eigenvalue weighted by Crippen LogP contribution is -2.18. The van der Waals surface area contributed by atoms with Crippen molar-refractivity contribution in [1.82, 2.24) is 10.4 Å². The van der Waals surface area contributed by atoms with Crippen molar-refractivity contribution in [2.75, 3.05) is 0 Å². The van der Waals surface area contributed by atoms with E-state index < -0.39 is 0 Å². The molecule has 4 heteroatoms. The van der Waals surface area contributed by atoms with Crippen LogP contribution in [0.4, 0.5) is 0 Å². The highest BCUT2D eigenvalue weighted by atomic mass is 16.2. The van der Waals surface area contributed by atoms with Gasteiger partial charge >= 0.3 is 0 Å². The molecule has 0 saturated heterocycles. The third-order valence-electron chi connectivity index (χ3n) is 3.97. The second-order valence-electron chi connectivity index (χ2n) is 5.45. The Hall–Kier alpha value is -2.88. The molecule has 3 aromatic rings. The lowest BCUT2D eigenvalue weighted by Gasteiger charge is -2.02. The van der Waals surface area contributed by atoms with Crippen molar-refractivity contribution in [2.24, 2.45) is 5.10 Å². The van der Waals surface area contributed by atoms with Crippen LogP contribution in [0.3, 0.4) is 0 Å². The first-order valence-electron chi connectivity index (χ1n) is 7.68. The number of nitrogens with zero attached hydrogens (tertiary/aromatic N) is 1. The van der Waals surface area contributed by atoms with Crippen LogP contribution in [0.5, 0.6) is 0 Å². The van der Waals surface area contributed by atoms with Gasteiger partial charge in [0.05, 0.1) is 6.21 Å². The summed E-state index contributed by atoms with van der Waals surface area (Å²) in [6.07, 6.45) is 4.56. The number of aromatic nitrogens is 1. The quantitative estimate of drug-likeness (QED) is 0.559. The number of hydrogen-bond acceptors (Lipinski definition) is 2. The van der Waals surface area contributed by atoms with Crippen molar-refractivity contribution in [1.29, 1.82) is 0 Å². The molecule has 1 heterocycles. The molecule has 116 valence electrons. The van der Waals surface area contributed by atoms with Crippen LogP contribution in [0.1, 0.15) is 34.0 Å². The fourth-order valence-electron chi connectivity index (χ4n) is 2.69. The zero-order valence-electron chi connectivity index (χ0n) is 13.3. The molecular weight excluding hydrogens is 286 g/mol. The molecule has 0 fully saturated rings. The van der Waals surface area contributed by atoms with Crippen LogP contribution in [-0.4, -0.2) is 17.1 Å². The van der Waals surface area contributed by atoms with Crippen LogP contribution < -0.4 is 5.43 Å². The summed E-state index contributed by atoms with van der Waals surface area (Å²) < 4.78 is 0. The van der Waals surface area contributed by atoms with E-state index in [1.165, 1.54) is 5.56 Å². The fraction of sp³-hybridized carbons (Fsp3) is 0.158. The maximum Gasteiger partial charge on any atom is 0.271 e. The Morgan fingerprint density at radius 1 is 1.22 bits per heavy atom. The number of fused-ring (bicyclic) bond motifs is 1. The number of amides is 1. The van der Waals surface area contributed by atoms with E-state index in [9.17, 15) is 4.79 Å². The number of benzene rings is 2. The van der Waals surface area contributed by atoms with Crippen molar-refractivity contribution in [3.05, 3.63) is 70.9 Å². The molecule has 1 aromatic heterocycles. The molecule has 0 radical (unpaired) electrons. The van der Waals surface area contributed by atoms with Gasteiger partial charge in [-0.1, -0.05) is 43.3 Å². The third-order valence-corrected chi connectivity index (χ3v) is 3.97. The molecule has 2 aromatic carbocycles. The predicted octanol–water partition coefficient (Wildman–Crippen LogP) is 3.80. The first-order valence-corrected chi connectivity index (χ1v) is 7.68. The van der Waals surface area contributed by atoms with Crippen LogP contribution in [0.2, 0.25) is 0 Å². The SMILES string of the molecule is CCc1cccc2c(/C=N/NC(=O)c3ccccc3C)c[nH]c12. The molecule has 3 rings (SSSR count). The zero-order chi connectivity index (χ0) is 16.2. The number of hydrazone groups is 1. The molecule has 2 N–H and O–H groups in total. The molecule has 0 atom stereocenters. The number of rotatable bonds is 4. The van der Waals surface area contributed by atoms with Crippen LogP contribution in [0, 0.1) is 6.92 Å². The first kappa shape index (κ1) is 15.0. The minimum atomic E-state index is -0.201. The second kappa shape index (κ2) is 6.48. The number of carbonyl (C=O) groups excluding carboxylic acids is 1. The number of H-pyrrole nitrogens is 1. The van der Waals surface area contributed by atoms with Gasteiger partial charge in [-0.15, -0.1) is 0 Å². The van der Waals surface area contributed by atoms with Gasteiger partial charge in [-0.2, -0.15) is 5.10 Å². The molecule has 0 saturated carbocycles. The van der Waals surface area contributed by atoms with Gasteiger partial charge in [-0.05, 0) is 30.5 Å². The molecule has 1 amide bonds. The average Bonchev–Trinajstić information content (AvgIpc) is 2.98. The van der Waals surface area contributed by atoms with Crippen molar-refractivity contribution < 1.29 is 4.79 Å². The van der Waals surface area contributed by atoms with Gasteiger partial charge in [-0.25, -0.2) is 5.43 Å². The van der Waals surface area contributed by atoms with E-state index in [0.717, 1.165) is 28.5 Å². The van der Waals surface area contributed by atoms with Gasteiger partial charge in [-0.3, -0.25) is 4.79 Å². The number of hydrogen-bond donors (Lipinski definition) is 2. The maximum absolute atomic E-state index is 12.1. The smallest absolute Gasteiger partial charge is 0.271 e. The predicted molar refractivity (Wildman–Crippen MR) is 93.9 cm³/mol. The summed E-state index contributed by atoms with van der Waals surface area (Å²) in [5.74, 6) is -0.201. The molecular formula is C19H19N3O. The Morgan fingerprint density at radius 3 is 2.83 bits per heavy atom. The molecule has 0 unspecified atom stereocenters. The summed E-state index contributed by atoms with van der Waals surface area (Å²) in [7, 11) is 0. The highest BCUT2D eigenvalue weighted by Gasteiger charge is 2.07. The van der Waals surface area contributed by atoms with Crippen LogP contribution in [-0.2, 0) is 6.42 Å². The van der Waals surface area contributed by atoms with E-state index in [1.807, 2.05) is 37.4 Å². The van der Waals surface area contributed by atoms with Crippen molar-refractivity contribution in [3.63, 3.8) is 0 Å². The molecule has 0 bridgehead atoms. The molecule has 0 aliphatic rings. The summed E-state index contributed by atoms with van der Waals surface area (Å²) in [5.41, 5.74) is 7.51. The van der Waals surface area contributed by atoms with Gasteiger partial charge in [0.15, 0.2) is 0 Å². The van der Waals surface area contributed by atoms with E-state index >= 15 is 0 Å². The minimum Gasteiger partial charge on any atom is -0.360 e. The minimum absolute atomic E-state index is 0.201. The highest BCUT2D eigenvalue weighted by molar-refractivity contribution is 6.01. The number of aromatic amines is 1. The highest BCUT2D eigenvalue weighted by Crippen LogP contribution is 2.20. The second-order valence-corrected chi connectivity index (χ2v) is 5.45. The molecule has 0 aliphatic heterocycles. The molecule has 23 heavy (non-hydrogen) atoms. The van der Waals surface area contributed by atoms with Gasteiger partial charge in [0.1, 0.15) is 0 Å². The van der Waals surface area contributed by atoms with Gasteiger partial charge in [0.25, 0.3) is 5.91 Å². The first-order chi connectivity index (χ1) is 11.2. The van der Waals surface area contributed by atoms with Crippen molar-refractivity contribution in [2.45, 2.75) is 20.3 Å². The summed E-state index contributed by atoms with van der Waals surface area (Å²) in [6, 6.07) is 13.7. The number of aryl methyl sites for hydroxylation is 2. The Labute approximate surface area is 135 Å². The number of nitrogens with one attached hydrogen (secondary N) is 2. The average molecular weight is 305 g/mol. The van der Waals surface area contributed by atoms with Gasteiger partial charge in [0, 0.05) is 28.2 Å². The zero-order valence-corrected chi connectivity index (χ0v) is 13.3. The lowest BCUT2D eigenvalue weighted by atomic mass is 10.1. The summed E-state index contributed by atoms with van der Waals surface area (Å²) in [5, 5.41) is 5.20. The number of carbonyl (C=O) groups is 1. The maximum atomic E-state index is 12.1. The van der Waals surface area contributed by atoms with Crippen molar-refractivity contribution in [3.8, 4) is 0 Å². The molecule has 0 spiro atoms. The van der Waals surface area contributed by atoms with Gasteiger partial charge < -0.3 is 4.98 Å². The Morgan fingerprint density at radius 2 is 2.04 bits per heavy atom. The van der Waals surface area contributed by atoms with E-state index in [2.05, 4.69) is 34.6 Å². The molecule has 0 aliphatic carbocycles. The standard InChI is InChI=1S/C19H19N3O/c1-3-14-8-6-10-17-15(11-20-18(14)17)12-21-22-19(23)16-9-5-4-7-13(16)2/h4-12,20H,3H2,1-2H3,(H,22,23)/b21-12+.